The number of carbonyl (C=O) groups excluding carboxylic acids is 1. The Balaban J connectivity index is 1.87. The van der Waals surface area contributed by atoms with Crippen molar-refractivity contribution in [2.75, 3.05) is 19.0 Å². The van der Waals surface area contributed by atoms with Gasteiger partial charge in [0.25, 0.3) is 0 Å². The Labute approximate surface area is 152 Å². The number of carbonyl (C=O) groups is 1. The molecule has 1 aliphatic heterocycles. The monoisotopic (exact) mass is 379 g/mol. The van der Waals surface area contributed by atoms with E-state index in [1.807, 2.05) is 0 Å². The molecular weight excluding hydrogens is 358 g/mol. The maximum atomic E-state index is 13.0. The first-order valence-electron chi connectivity index (χ1n) is 8.25. The first-order valence-corrected chi connectivity index (χ1v) is 9.69. The van der Waals surface area contributed by atoms with Gasteiger partial charge in [0.05, 0.1) is 12.8 Å². The summed E-state index contributed by atoms with van der Waals surface area (Å²) in [5.74, 6) is 0.347. The predicted molar refractivity (Wildman–Crippen MR) is 94.5 cm³/mol. The van der Waals surface area contributed by atoms with Gasteiger partial charge in [-0.05, 0) is 38.8 Å². The molecule has 1 aromatic carbocycles. The molecule has 9 heteroatoms. The smallest absolute Gasteiger partial charge is 0.249 e. The summed E-state index contributed by atoms with van der Waals surface area (Å²) in [6.07, 6.45) is 1.05. The number of ether oxygens (including phenoxy) is 1. The molecule has 1 aromatic heterocycles. The zero-order valence-electron chi connectivity index (χ0n) is 14.9. The van der Waals surface area contributed by atoms with Crippen molar-refractivity contribution in [3.8, 4) is 5.75 Å². The molecule has 140 valence electrons. The minimum absolute atomic E-state index is 0.0366. The number of hydrogen-bond donors (Lipinski definition) is 1. The number of amides is 1. The van der Waals surface area contributed by atoms with Crippen LogP contribution in [0.15, 0.2) is 33.7 Å². The van der Waals surface area contributed by atoms with E-state index < -0.39 is 16.1 Å². The van der Waals surface area contributed by atoms with Crippen LogP contribution in [-0.4, -0.2) is 43.5 Å². The molecule has 2 heterocycles. The van der Waals surface area contributed by atoms with E-state index in [9.17, 15) is 13.2 Å². The summed E-state index contributed by atoms with van der Waals surface area (Å²) >= 11 is 0. The summed E-state index contributed by atoms with van der Waals surface area (Å²) in [6.45, 7) is 3.40. The van der Waals surface area contributed by atoms with Crippen LogP contribution in [0, 0.1) is 13.8 Å². The number of anilines is 1. The second-order valence-electron chi connectivity index (χ2n) is 6.12. The molecule has 1 fully saturated rings. The predicted octanol–water partition coefficient (Wildman–Crippen LogP) is 2.09. The van der Waals surface area contributed by atoms with Crippen molar-refractivity contribution >= 4 is 21.6 Å². The van der Waals surface area contributed by atoms with Gasteiger partial charge in [0.1, 0.15) is 22.4 Å². The van der Waals surface area contributed by atoms with Crippen LogP contribution in [0.5, 0.6) is 5.75 Å². The van der Waals surface area contributed by atoms with Gasteiger partial charge in [-0.15, -0.1) is 0 Å². The third-order valence-corrected chi connectivity index (χ3v) is 6.56. The Morgan fingerprint density at radius 2 is 2.08 bits per heavy atom. The van der Waals surface area contributed by atoms with Gasteiger partial charge in [0, 0.05) is 6.54 Å². The zero-order valence-corrected chi connectivity index (χ0v) is 15.7. The fraction of sp³-hybridized carbons (Fsp3) is 0.412. The van der Waals surface area contributed by atoms with Crippen LogP contribution in [0.25, 0.3) is 0 Å². The highest BCUT2D eigenvalue weighted by atomic mass is 32.2. The highest BCUT2D eigenvalue weighted by Crippen LogP contribution is 2.31. The maximum Gasteiger partial charge on any atom is 0.249 e. The number of rotatable bonds is 5. The summed E-state index contributed by atoms with van der Waals surface area (Å²) in [7, 11) is -2.37. The van der Waals surface area contributed by atoms with E-state index >= 15 is 0 Å². The number of benzene rings is 1. The molecular formula is C17H21N3O5S. The normalized spacial score (nSPS) is 18.0. The summed E-state index contributed by atoms with van der Waals surface area (Å²) in [5.41, 5.74) is 0.792. The first-order chi connectivity index (χ1) is 12.4. The molecule has 8 nitrogen and oxygen atoms in total. The van der Waals surface area contributed by atoms with Crippen molar-refractivity contribution in [3.63, 3.8) is 0 Å². The molecule has 0 aliphatic carbocycles. The van der Waals surface area contributed by atoms with Crippen LogP contribution in [0.2, 0.25) is 0 Å². The number of aromatic nitrogens is 1. The highest BCUT2D eigenvalue weighted by molar-refractivity contribution is 7.89. The largest absolute Gasteiger partial charge is 0.495 e. The molecule has 1 amide bonds. The van der Waals surface area contributed by atoms with Crippen LogP contribution in [0.1, 0.15) is 24.3 Å². The molecule has 1 saturated heterocycles. The van der Waals surface area contributed by atoms with Crippen LogP contribution in [-0.2, 0) is 14.8 Å². The lowest BCUT2D eigenvalue weighted by Gasteiger charge is -2.23. The highest BCUT2D eigenvalue weighted by Gasteiger charge is 2.42. The van der Waals surface area contributed by atoms with E-state index in [0.29, 0.717) is 30.0 Å². The van der Waals surface area contributed by atoms with E-state index in [0.717, 1.165) is 0 Å². The fourth-order valence-electron chi connectivity index (χ4n) is 3.21. The molecule has 1 aliphatic rings. The average Bonchev–Trinajstić information content (AvgIpc) is 3.23. The summed E-state index contributed by atoms with van der Waals surface area (Å²) in [5, 5.41) is 6.49. The van der Waals surface area contributed by atoms with E-state index in [2.05, 4.69) is 10.5 Å². The van der Waals surface area contributed by atoms with Crippen molar-refractivity contribution in [1.82, 2.24) is 9.46 Å². The third-order valence-electron chi connectivity index (χ3n) is 4.41. The van der Waals surface area contributed by atoms with Gasteiger partial charge in [0.15, 0.2) is 5.76 Å². The SMILES string of the molecule is COc1ccccc1NC(=O)[C@H]1CCCN1S(=O)(=O)c1c(C)noc1C. The minimum Gasteiger partial charge on any atom is -0.495 e. The van der Waals surface area contributed by atoms with Gasteiger partial charge in [-0.3, -0.25) is 4.79 Å². The molecule has 0 saturated carbocycles. The first kappa shape index (κ1) is 18.4. The Morgan fingerprint density at radius 1 is 1.35 bits per heavy atom. The van der Waals surface area contributed by atoms with Crippen molar-refractivity contribution < 1.29 is 22.5 Å². The van der Waals surface area contributed by atoms with E-state index in [1.165, 1.54) is 11.4 Å². The number of methoxy groups -OCH3 is 1. The van der Waals surface area contributed by atoms with Crippen molar-refractivity contribution in [2.24, 2.45) is 0 Å². The standard InChI is InChI=1S/C17H21N3O5S/c1-11-16(12(2)25-19-11)26(22,23)20-10-6-8-14(20)17(21)18-13-7-4-5-9-15(13)24-3/h4-5,7,9,14H,6,8,10H2,1-3H3,(H,18,21)/t14-/m1/s1. The van der Waals surface area contributed by atoms with Gasteiger partial charge < -0.3 is 14.6 Å². The maximum absolute atomic E-state index is 13.0. The Bertz CT molecular complexity index is 903. The molecule has 0 spiro atoms. The van der Waals surface area contributed by atoms with Gasteiger partial charge in [0.2, 0.25) is 15.9 Å². The summed E-state index contributed by atoms with van der Waals surface area (Å²) < 4.78 is 37.5. The lowest BCUT2D eigenvalue weighted by Crippen LogP contribution is -2.43. The van der Waals surface area contributed by atoms with E-state index in [1.54, 1.807) is 38.1 Å². The number of hydrogen-bond acceptors (Lipinski definition) is 6. The number of nitrogens with zero attached hydrogens (tertiary/aromatic N) is 2. The molecule has 3 rings (SSSR count). The van der Waals surface area contributed by atoms with Crippen molar-refractivity contribution in [1.29, 1.82) is 0 Å². The lowest BCUT2D eigenvalue weighted by atomic mass is 10.2. The Morgan fingerprint density at radius 3 is 2.73 bits per heavy atom. The molecule has 0 radical (unpaired) electrons. The average molecular weight is 379 g/mol. The summed E-state index contributed by atoms with van der Waals surface area (Å²) in [4.78, 5) is 12.8. The quantitative estimate of drug-likeness (QED) is 0.853. The number of nitrogens with one attached hydrogen (secondary N) is 1. The van der Waals surface area contributed by atoms with Gasteiger partial charge in [-0.2, -0.15) is 4.31 Å². The molecule has 1 N–H and O–H groups in total. The minimum atomic E-state index is -3.87. The number of para-hydroxylation sites is 2. The topological polar surface area (TPSA) is 102 Å². The van der Waals surface area contributed by atoms with E-state index in [4.69, 9.17) is 9.26 Å². The zero-order chi connectivity index (χ0) is 18.9. The van der Waals surface area contributed by atoms with Crippen LogP contribution in [0.3, 0.4) is 0 Å². The van der Waals surface area contributed by atoms with Crippen molar-refractivity contribution in [2.45, 2.75) is 37.6 Å². The van der Waals surface area contributed by atoms with Gasteiger partial charge in [-0.1, -0.05) is 17.3 Å². The lowest BCUT2D eigenvalue weighted by molar-refractivity contribution is -0.119. The van der Waals surface area contributed by atoms with Gasteiger partial charge in [-0.25, -0.2) is 8.42 Å². The molecule has 1 atom stereocenters. The van der Waals surface area contributed by atoms with E-state index in [-0.39, 0.29) is 23.1 Å². The van der Waals surface area contributed by atoms with Crippen LogP contribution in [0.4, 0.5) is 5.69 Å². The molecule has 0 unspecified atom stereocenters. The second-order valence-corrected chi connectivity index (χ2v) is 7.94. The molecule has 0 bridgehead atoms. The van der Waals surface area contributed by atoms with Crippen LogP contribution < -0.4 is 10.1 Å². The van der Waals surface area contributed by atoms with Crippen LogP contribution >= 0.6 is 0 Å². The number of sulfonamides is 1. The second kappa shape index (κ2) is 7.08. The molecule has 26 heavy (non-hydrogen) atoms. The number of aryl methyl sites for hydroxylation is 2. The molecule has 2 aromatic rings. The third kappa shape index (κ3) is 3.19. The van der Waals surface area contributed by atoms with Gasteiger partial charge >= 0.3 is 0 Å². The Hall–Kier alpha value is -2.39. The fourth-order valence-corrected chi connectivity index (χ4v) is 5.17. The Kier molecular flexibility index (Phi) is 5.01. The van der Waals surface area contributed by atoms with Crippen molar-refractivity contribution in [3.05, 3.63) is 35.7 Å². The summed E-state index contributed by atoms with van der Waals surface area (Å²) in [6, 6.07) is 6.20.